The topological polar surface area (TPSA) is 50.4 Å². The molecule has 0 bridgehead atoms. The maximum absolute atomic E-state index is 12.4. The van der Waals surface area contributed by atoms with Crippen molar-refractivity contribution >= 4 is 11.0 Å². The number of aryl methyl sites for hydroxylation is 1. The molecule has 100 valence electrons. The fraction of sp³-hybridized carbons (Fsp3) is 0.118. The van der Waals surface area contributed by atoms with Crippen LogP contribution in [-0.4, -0.2) is 5.11 Å². The molecule has 1 N–H and O–H groups in total. The number of hydrogen-bond donors (Lipinski definition) is 1. The van der Waals surface area contributed by atoms with Crippen molar-refractivity contribution in [1.29, 1.82) is 0 Å². The van der Waals surface area contributed by atoms with Crippen LogP contribution in [0.3, 0.4) is 0 Å². The highest BCUT2D eigenvalue weighted by molar-refractivity contribution is 5.85. The zero-order valence-corrected chi connectivity index (χ0v) is 11.3. The summed E-state index contributed by atoms with van der Waals surface area (Å²) < 4.78 is 5.82. The van der Waals surface area contributed by atoms with Crippen LogP contribution in [0.4, 0.5) is 0 Å². The van der Waals surface area contributed by atoms with Crippen molar-refractivity contribution in [3.05, 3.63) is 63.8 Å². The monoisotopic (exact) mass is 266 g/mol. The molecular formula is C17H14O3. The van der Waals surface area contributed by atoms with Gasteiger partial charge in [0.2, 0.25) is 0 Å². The average Bonchev–Trinajstić information content (AvgIpc) is 2.44. The lowest BCUT2D eigenvalue weighted by Crippen LogP contribution is -2.07. The molecule has 1 heterocycles. The minimum atomic E-state index is -0.195. The van der Waals surface area contributed by atoms with Crippen LogP contribution in [0.2, 0.25) is 0 Å². The SMILES string of the molecule is Cc1ccc(-c2oc3cccc(O)c3c(=O)c2C)cc1. The Morgan fingerprint density at radius 2 is 1.70 bits per heavy atom. The first kappa shape index (κ1) is 12.5. The minimum absolute atomic E-state index is 0.0465. The van der Waals surface area contributed by atoms with Crippen molar-refractivity contribution in [3.63, 3.8) is 0 Å². The third kappa shape index (κ3) is 1.88. The molecule has 0 fully saturated rings. The van der Waals surface area contributed by atoms with Crippen LogP contribution in [0.1, 0.15) is 11.1 Å². The van der Waals surface area contributed by atoms with Crippen molar-refractivity contribution in [3.8, 4) is 17.1 Å². The Morgan fingerprint density at radius 3 is 2.40 bits per heavy atom. The van der Waals surface area contributed by atoms with E-state index in [1.54, 1.807) is 19.1 Å². The van der Waals surface area contributed by atoms with E-state index in [0.29, 0.717) is 16.9 Å². The van der Waals surface area contributed by atoms with Gasteiger partial charge in [0.1, 0.15) is 22.5 Å². The van der Waals surface area contributed by atoms with E-state index in [1.807, 2.05) is 31.2 Å². The second-order valence-electron chi connectivity index (χ2n) is 4.90. The lowest BCUT2D eigenvalue weighted by atomic mass is 10.0. The molecule has 0 aliphatic heterocycles. The Labute approximate surface area is 116 Å². The van der Waals surface area contributed by atoms with Crippen molar-refractivity contribution in [2.24, 2.45) is 0 Å². The Kier molecular flexibility index (Phi) is 2.83. The van der Waals surface area contributed by atoms with Crippen molar-refractivity contribution in [2.75, 3.05) is 0 Å². The summed E-state index contributed by atoms with van der Waals surface area (Å²) in [5, 5.41) is 10.1. The van der Waals surface area contributed by atoms with Crippen LogP contribution in [0.15, 0.2) is 51.7 Å². The van der Waals surface area contributed by atoms with E-state index >= 15 is 0 Å². The number of rotatable bonds is 1. The van der Waals surface area contributed by atoms with E-state index in [4.69, 9.17) is 4.42 Å². The number of benzene rings is 2. The van der Waals surface area contributed by atoms with E-state index in [-0.39, 0.29) is 16.6 Å². The number of hydrogen-bond acceptors (Lipinski definition) is 3. The number of phenols is 1. The molecule has 3 heteroatoms. The summed E-state index contributed by atoms with van der Waals surface area (Å²) in [5.74, 6) is 0.503. The zero-order chi connectivity index (χ0) is 14.3. The summed E-state index contributed by atoms with van der Waals surface area (Å²) >= 11 is 0. The Morgan fingerprint density at radius 1 is 1.00 bits per heavy atom. The summed E-state index contributed by atoms with van der Waals surface area (Å²) in [6, 6.07) is 12.6. The molecule has 3 nitrogen and oxygen atoms in total. The molecule has 0 aliphatic carbocycles. The quantitative estimate of drug-likeness (QED) is 0.729. The van der Waals surface area contributed by atoms with E-state index in [1.165, 1.54) is 6.07 Å². The number of phenolic OH excluding ortho intramolecular Hbond substituents is 1. The van der Waals surface area contributed by atoms with Crippen molar-refractivity contribution < 1.29 is 9.52 Å². The third-order valence-electron chi connectivity index (χ3n) is 3.44. The van der Waals surface area contributed by atoms with E-state index in [9.17, 15) is 9.90 Å². The second-order valence-corrected chi connectivity index (χ2v) is 4.90. The molecule has 0 radical (unpaired) electrons. The van der Waals surface area contributed by atoms with Crippen LogP contribution in [0, 0.1) is 13.8 Å². The van der Waals surface area contributed by atoms with E-state index in [2.05, 4.69) is 0 Å². The van der Waals surface area contributed by atoms with E-state index < -0.39 is 0 Å². The van der Waals surface area contributed by atoms with Gasteiger partial charge in [0, 0.05) is 11.1 Å². The summed E-state index contributed by atoms with van der Waals surface area (Å²) in [7, 11) is 0. The van der Waals surface area contributed by atoms with Gasteiger partial charge < -0.3 is 9.52 Å². The Hall–Kier alpha value is -2.55. The molecule has 0 saturated heterocycles. The van der Waals surface area contributed by atoms with E-state index in [0.717, 1.165) is 11.1 Å². The maximum atomic E-state index is 12.4. The highest BCUT2D eigenvalue weighted by Crippen LogP contribution is 2.29. The van der Waals surface area contributed by atoms with Gasteiger partial charge in [-0.05, 0) is 26.0 Å². The summed E-state index contributed by atoms with van der Waals surface area (Å²) in [6.07, 6.45) is 0. The fourth-order valence-electron chi connectivity index (χ4n) is 2.29. The summed E-state index contributed by atoms with van der Waals surface area (Å²) in [4.78, 5) is 12.4. The molecule has 3 aromatic rings. The van der Waals surface area contributed by atoms with Crippen LogP contribution in [0.5, 0.6) is 5.75 Å². The van der Waals surface area contributed by atoms with Crippen LogP contribution >= 0.6 is 0 Å². The highest BCUT2D eigenvalue weighted by Gasteiger charge is 2.14. The van der Waals surface area contributed by atoms with Gasteiger partial charge in [0.15, 0.2) is 5.43 Å². The predicted octanol–water partition coefficient (Wildman–Crippen LogP) is 3.78. The second kappa shape index (κ2) is 4.53. The molecule has 0 aliphatic rings. The number of aromatic hydroxyl groups is 1. The largest absolute Gasteiger partial charge is 0.507 e. The smallest absolute Gasteiger partial charge is 0.199 e. The van der Waals surface area contributed by atoms with Crippen LogP contribution in [-0.2, 0) is 0 Å². The lowest BCUT2D eigenvalue weighted by molar-refractivity contribution is 0.479. The minimum Gasteiger partial charge on any atom is -0.507 e. The molecule has 0 saturated carbocycles. The zero-order valence-electron chi connectivity index (χ0n) is 11.3. The molecule has 0 unspecified atom stereocenters. The van der Waals surface area contributed by atoms with Crippen LogP contribution in [0.25, 0.3) is 22.3 Å². The fourth-order valence-corrected chi connectivity index (χ4v) is 2.29. The normalized spacial score (nSPS) is 10.9. The van der Waals surface area contributed by atoms with Gasteiger partial charge in [-0.3, -0.25) is 4.79 Å². The molecule has 20 heavy (non-hydrogen) atoms. The first-order chi connectivity index (χ1) is 9.58. The van der Waals surface area contributed by atoms with Gasteiger partial charge in [-0.2, -0.15) is 0 Å². The Balaban J connectivity index is 2.36. The maximum Gasteiger partial charge on any atom is 0.199 e. The van der Waals surface area contributed by atoms with Gasteiger partial charge in [-0.1, -0.05) is 35.9 Å². The molecular weight excluding hydrogens is 252 g/mol. The molecule has 2 aromatic carbocycles. The van der Waals surface area contributed by atoms with Gasteiger partial charge in [0.05, 0.1) is 0 Å². The number of fused-ring (bicyclic) bond motifs is 1. The summed E-state index contributed by atoms with van der Waals surface area (Å²) in [6.45, 7) is 3.72. The van der Waals surface area contributed by atoms with Gasteiger partial charge >= 0.3 is 0 Å². The molecule has 1 aromatic heterocycles. The average molecular weight is 266 g/mol. The highest BCUT2D eigenvalue weighted by atomic mass is 16.3. The van der Waals surface area contributed by atoms with Crippen LogP contribution < -0.4 is 5.43 Å². The molecule has 0 spiro atoms. The molecule has 3 rings (SSSR count). The first-order valence-electron chi connectivity index (χ1n) is 6.40. The first-order valence-corrected chi connectivity index (χ1v) is 6.40. The van der Waals surface area contributed by atoms with Gasteiger partial charge in [-0.15, -0.1) is 0 Å². The Bertz CT molecular complexity index is 842. The molecule has 0 amide bonds. The summed E-state index contributed by atoms with van der Waals surface area (Å²) in [5.41, 5.74) is 2.71. The van der Waals surface area contributed by atoms with Gasteiger partial charge in [-0.25, -0.2) is 0 Å². The predicted molar refractivity (Wildman–Crippen MR) is 79.1 cm³/mol. The van der Waals surface area contributed by atoms with Gasteiger partial charge in [0.25, 0.3) is 0 Å². The lowest BCUT2D eigenvalue weighted by Gasteiger charge is -2.08. The molecule has 0 atom stereocenters. The van der Waals surface area contributed by atoms with Crippen molar-refractivity contribution in [1.82, 2.24) is 0 Å². The van der Waals surface area contributed by atoms with Crippen molar-refractivity contribution in [2.45, 2.75) is 13.8 Å². The third-order valence-corrected chi connectivity index (χ3v) is 3.44. The standard InChI is InChI=1S/C17H14O3/c1-10-6-8-12(9-7-10)17-11(2)16(19)15-13(18)4-3-5-14(15)20-17/h3-9,18H,1-2H3.